The van der Waals surface area contributed by atoms with Crippen molar-refractivity contribution in [3.8, 4) is 6.07 Å². The van der Waals surface area contributed by atoms with Crippen LogP contribution in [0.5, 0.6) is 0 Å². The number of nitrogens with one attached hydrogen (secondary N) is 1. The van der Waals surface area contributed by atoms with E-state index in [-0.39, 0.29) is 5.41 Å². The average Bonchev–Trinajstić information content (AvgIpc) is 3.00. The van der Waals surface area contributed by atoms with Gasteiger partial charge in [-0.05, 0) is 30.4 Å². The van der Waals surface area contributed by atoms with Crippen molar-refractivity contribution < 1.29 is 0 Å². The van der Waals surface area contributed by atoms with E-state index < -0.39 is 0 Å². The molecule has 1 aromatic rings. The van der Waals surface area contributed by atoms with Gasteiger partial charge in [0.15, 0.2) is 0 Å². The van der Waals surface area contributed by atoms with Crippen LogP contribution in [0.15, 0.2) is 30.3 Å². The van der Waals surface area contributed by atoms with Gasteiger partial charge in [0.25, 0.3) is 0 Å². The number of nitrogens with zero attached hydrogens (tertiary/aromatic N) is 1. The van der Waals surface area contributed by atoms with E-state index in [0.29, 0.717) is 11.8 Å². The van der Waals surface area contributed by atoms with Crippen molar-refractivity contribution in [2.45, 2.75) is 11.8 Å². The van der Waals surface area contributed by atoms with Crippen LogP contribution in [0.1, 0.15) is 12.0 Å². The Morgan fingerprint density at radius 1 is 1.27 bits per heavy atom. The van der Waals surface area contributed by atoms with Gasteiger partial charge >= 0.3 is 0 Å². The minimum absolute atomic E-state index is 0.176. The summed E-state index contributed by atoms with van der Waals surface area (Å²) < 4.78 is 0. The summed E-state index contributed by atoms with van der Waals surface area (Å²) in [5, 5.41) is 12.8. The number of nitriles is 1. The van der Waals surface area contributed by atoms with Crippen molar-refractivity contribution in [2.75, 3.05) is 13.1 Å². The minimum Gasteiger partial charge on any atom is -0.316 e. The molecule has 0 amide bonds. The van der Waals surface area contributed by atoms with Crippen LogP contribution in [-0.2, 0) is 5.41 Å². The van der Waals surface area contributed by atoms with E-state index in [4.69, 9.17) is 0 Å². The lowest BCUT2D eigenvalue weighted by Gasteiger charge is -2.08. The monoisotopic (exact) mass is 198 g/mol. The fourth-order valence-corrected chi connectivity index (χ4v) is 3.16. The lowest BCUT2D eigenvalue weighted by Crippen LogP contribution is -2.24. The number of piperidine rings is 1. The Labute approximate surface area is 89.9 Å². The van der Waals surface area contributed by atoms with Crippen molar-refractivity contribution in [3.63, 3.8) is 0 Å². The molecule has 76 valence electrons. The summed E-state index contributed by atoms with van der Waals surface area (Å²) in [4.78, 5) is 0. The summed E-state index contributed by atoms with van der Waals surface area (Å²) in [5.74, 6) is 1.13. The molecular formula is C13H14N2. The number of benzene rings is 1. The molecule has 3 atom stereocenters. The predicted molar refractivity (Wildman–Crippen MR) is 58.2 cm³/mol. The zero-order valence-corrected chi connectivity index (χ0v) is 8.61. The average molecular weight is 198 g/mol. The molecule has 0 radical (unpaired) electrons. The first kappa shape index (κ1) is 8.94. The summed E-state index contributed by atoms with van der Waals surface area (Å²) >= 11 is 0. The van der Waals surface area contributed by atoms with Crippen LogP contribution in [0.25, 0.3) is 0 Å². The fourth-order valence-electron chi connectivity index (χ4n) is 3.16. The third-order valence-electron chi connectivity index (χ3n) is 3.98. The maximum Gasteiger partial charge on any atom is 0.0898 e. The van der Waals surface area contributed by atoms with Crippen molar-refractivity contribution in [3.05, 3.63) is 35.9 Å². The van der Waals surface area contributed by atoms with E-state index in [0.717, 1.165) is 19.5 Å². The highest BCUT2D eigenvalue weighted by molar-refractivity contribution is 5.44. The van der Waals surface area contributed by atoms with Crippen LogP contribution in [-0.4, -0.2) is 13.1 Å². The predicted octanol–water partition coefficient (Wildman–Crippen LogP) is 1.69. The molecular weight excluding hydrogens is 184 g/mol. The van der Waals surface area contributed by atoms with Crippen LogP contribution < -0.4 is 5.32 Å². The summed E-state index contributed by atoms with van der Waals surface area (Å²) in [6.07, 6.45) is 1.15. The highest BCUT2D eigenvalue weighted by Gasteiger charge is 2.66. The van der Waals surface area contributed by atoms with E-state index in [1.165, 1.54) is 5.56 Å². The van der Waals surface area contributed by atoms with E-state index in [1.54, 1.807) is 0 Å². The van der Waals surface area contributed by atoms with E-state index >= 15 is 0 Å². The molecule has 1 aliphatic carbocycles. The van der Waals surface area contributed by atoms with Crippen molar-refractivity contribution in [1.82, 2.24) is 5.32 Å². The molecule has 2 nitrogen and oxygen atoms in total. The SMILES string of the molecule is N#CC1(c2ccccc2)C2CCNCC21. The first-order chi connectivity index (χ1) is 7.39. The van der Waals surface area contributed by atoms with Gasteiger partial charge in [0.05, 0.1) is 11.5 Å². The Kier molecular flexibility index (Phi) is 1.83. The Balaban J connectivity index is 2.00. The highest BCUT2D eigenvalue weighted by Crippen LogP contribution is 2.61. The smallest absolute Gasteiger partial charge is 0.0898 e. The molecule has 1 saturated heterocycles. The zero-order chi connectivity index (χ0) is 10.3. The standard InChI is InChI=1S/C13H14N2/c14-9-13(10-4-2-1-3-5-10)11-6-7-15-8-12(11)13/h1-5,11-12,15H,6-8H2. The number of hydrogen-bond acceptors (Lipinski definition) is 2. The second-order valence-corrected chi connectivity index (χ2v) is 4.55. The van der Waals surface area contributed by atoms with Crippen LogP contribution in [0.4, 0.5) is 0 Å². The number of rotatable bonds is 1. The van der Waals surface area contributed by atoms with E-state index in [2.05, 4.69) is 23.5 Å². The van der Waals surface area contributed by atoms with E-state index in [9.17, 15) is 5.26 Å². The second-order valence-electron chi connectivity index (χ2n) is 4.55. The lowest BCUT2D eigenvalue weighted by atomic mass is 9.93. The van der Waals surface area contributed by atoms with Crippen LogP contribution in [0.3, 0.4) is 0 Å². The maximum absolute atomic E-state index is 9.46. The molecule has 1 N–H and O–H groups in total. The summed E-state index contributed by atoms with van der Waals surface area (Å²) in [6, 6.07) is 12.8. The molecule has 1 aromatic carbocycles. The normalized spacial score (nSPS) is 37.8. The minimum atomic E-state index is -0.176. The van der Waals surface area contributed by atoms with Gasteiger partial charge in [0, 0.05) is 6.54 Å². The van der Waals surface area contributed by atoms with Crippen molar-refractivity contribution in [2.24, 2.45) is 11.8 Å². The van der Waals surface area contributed by atoms with Gasteiger partial charge in [-0.1, -0.05) is 30.3 Å². The Bertz CT molecular complexity index is 392. The first-order valence-corrected chi connectivity index (χ1v) is 5.57. The van der Waals surface area contributed by atoms with Gasteiger partial charge in [-0.3, -0.25) is 0 Å². The van der Waals surface area contributed by atoms with E-state index in [1.807, 2.05) is 18.2 Å². The number of fused-ring (bicyclic) bond motifs is 1. The van der Waals surface area contributed by atoms with Gasteiger partial charge in [-0.15, -0.1) is 0 Å². The van der Waals surface area contributed by atoms with Crippen LogP contribution in [0.2, 0.25) is 0 Å². The zero-order valence-electron chi connectivity index (χ0n) is 8.61. The molecule has 15 heavy (non-hydrogen) atoms. The van der Waals surface area contributed by atoms with Crippen LogP contribution in [0, 0.1) is 23.2 Å². The molecule has 0 bridgehead atoms. The van der Waals surface area contributed by atoms with Gasteiger partial charge in [-0.2, -0.15) is 5.26 Å². The second kappa shape index (κ2) is 3.08. The molecule has 2 aliphatic rings. The van der Waals surface area contributed by atoms with Gasteiger partial charge in [-0.25, -0.2) is 0 Å². The van der Waals surface area contributed by atoms with Crippen molar-refractivity contribution in [1.29, 1.82) is 5.26 Å². The lowest BCUT2D eigenvalue weighted by molar-refractivity contribution is 0.497. The Morgan fingerprint density at radius 3 is 2.67 bits per heavy atom. The quantitative estimate of drug-likeness (QED) is 0.745. The first-order valence-electron chi connectivity index (χ1n) is 5.57. The molecule has 1 heterocycles. The highest BCUT2D eigenvalue weighted by atomic mass is 14.9. The van der Waals surface area contributed by atoms with Gasteiger partial charge in [0.1, 0.15) is 0 Å². The molecule has 2 fully saturated rings. The molecule has 3 rings (SSSR count). The van der Waals surface area contributed by atoms with Gasteiger partial charge in [0.2, 0.25) is 0 Å². The molecule has 3 unspecified atom stereocenters. The van der Waals surface area contributed by atoms with Crippen LogP contribution >= 0.6 is 0 Å². The molecule has 0 aromatic heterocycles. The third kappa shape index (κ3) is 1.07. The summed E-state index contributed by atoms with van der Waals surface area (Å²) in [5.41, 5.74) is 1.04. The Hall–Kier alpha value is -1.33. The topological polar surface area (TPSA) is 35.8 Å². The molecule has 2 heteroatoms. The van der Waals surface area contributed by atoms with Gasteiger partial charge < -0.3 is 5.32 Å². The Morgan fingerprint density at radius 2 is 2.07 bits per heavy atom. The third-order valence-corrected chi connectivity index (χ3v) is 3.98. The van der Waals surface area contributed by atoms with Crippen molar-refractivity contribution >= 4 is 0 Å². The molecule has 1 aliphatic heterocycles. The summed E-state index contributed by atoms with van der Waals surface area (Å²) in [7, 11) is 0. The molecule has 1 saturated carbocycles. The number of hydrogen-bond donors (Lipinski definition) is 1. The maximum atomic E-state index is 9.46. The fraction of sp³-hybridized carbons (Fsp3) is 0.462. The molecule has 0 spiro atoms. The summed E-state index contributed by atoms with van der Waals surface area (Å²) in [6.45, 7) is 2.07. The largest absolute Gasteiger partial charge is 0.316 e.